The number of β-amino-alcohol motifs (C(OH)–C–C–N with tert-alkyl or cyclic N) is 2. The summed E-state index contributed by atoms with van der Waals surface area (Å²) in [6, 6.07) is 42.2. The monoisotopic (exact) mass is 650 g/mol. The maximum absolute atomic E-state index is 10.3. The fourth-order valence-electron chi connectivity index (χ4n) is 5.33. The molecule has 6 rings (SSSR count). The summed E-state index contributed by atoms with van der Waals surface area (Å²) in [4.78, 5) is 2.68. The van der Waals surface area contributed by atoms with E-state index >= 15 is 0 Å². The van der Waals surface area contributed by atoms with Gasteiger partial charge in [-0.2, -0.15) is 0 Å². The molecule has 2 fully saturated rings. The van der Waals surface area contributed by atoms with Gasteiger partial charge >= 0.3 is 0 Å². The Kier molecular flexibility index (Phi) is 13.2. The van der Waals surface area contributed by atoms with E-state index in [9.17, 15) is 5.11 Å². The van der Waals surface area contributed by atoms with Crippen LogP contribution in [0.2, 0.25) is 0 Å². The van der Waals surface area contributed by atoms with Crippen molar-refractivity contribution in [3.05, 3.63) is 144 Å². The SMILES string of the molecule is BrC(c1ccccc1)c1ccccc1.CC1(O)CCN(C(c2ccccc2)c2ccccc2)C1.CC1(O)CCNC1.Cl. The summed E-state index contributed by atoms with van der Waals surface area (Å²) in [7, 11) is 0. The van der Waals surface area contributed by atoms with Gasteiger partial charge < -0.3 is 15.5 Å². The summed E-state index contributed by atoms with van der Waals surface area (Å²) in [6.07, 6.45) is 1.73. The van der Waals surface area contributed by atoms with Gasteiger partial charge in [0.25, 0.3) is 0 Å². The Labute approximate surface area is 266 Å². The molecule has 2 unspecified atom stereocenters. The fourth-order valence-corrected chi connectivity index (χ4v) is 5.94. The lowest BCUT2D eigenvalue weighted by Crippen LogP contribution is -2.32. The van der Waals surface area contributed by atoms with Gasteiger partial charge in [0, 0.05) is 19.6 Å². The molecule has 2 aliphatic rings. The van der Waals surface area contributed by atoms with Crippen LogP contribution in [0.25, 0.3) is 0 Å². The van der Waals surface area contributed by atoms with Gasteiger partial charge in [-0.1, -0.05) is 137 Å². The predicted octanol–water partition coefficient (Wildman–Crippen LogP) is 7.56. The van der Waals surface area contributed by atoms with Crippen LogP contribution in [0.4, 0.5) is 0 Å². The molecular weight excluding hydrogens is 608 g/mol. The van der Waals surface area contributed by atoms with Crippen LogP contribution in [0, 0.1) is 0 Å². The lowest BCUT2D eigenvalue weighted by Gasteiger charge is -2.29. The van der Waals surface area contributed by atoms with Gasteiger partial charge in [-0.15, -0.1) is 12.4 Å². The molecule has 3 N–H and O–H groups in total. The number of hydrogen-bond donors (Lipinski definition) is 3. The van der Waals surface area contributed by atoms with Crippen molar-refractivity contribution in [1.29, 1.82) is 0 Å². The van der Waals surface area contributed by atoms with Gasteiger partial charge in [0.15, 0.2) is 0 Å². The highest BCUT2D eigenvalue weighted by atomic mass is 79.9. The van der Waals surface area contributed by atoms with Crippen LogP contribution < -0.4 is 5.32 Å². The molecule has 4 nitrogen and oxygen atoms in total. The molecule has 4 aromatic carbocycles. The molecule has 0 saturated carbocycles. The molecule has 42 heavy (non-hydrogen) atoms. The zero-order valence-electron chi connectivity index (χ0n) is 24.6. The fraction of sp³-hybridized carbons (Fsp3) is 0.333. The molecule has 224 valence electrons. The Balaban J connectivity index is 0.000000191. The lowest BCUT2D eigenvalue weighted by molar-refractivity contribution is 0.0648. The van der Waals surface area contributed by atoms with E-state index in [-0.39, 0.29) is 18.4 Å². The number of nitrogens with one attached hydrogen (secondary N) is 1. The third-order valence-corrected chi connectivity index (χ3v) is 8.67. The second-order valence-corrected chi connectivity index (χ2v) is 12.5. The summed E-state index contributed by atoms with van der Waals surface area (Å²) in [5.41, 5.74) is 4.17. The van der Waals surface area contributed by atoms with Gasteiger partial charge in [0.05, 0.1) is 22.1 Å². The van der Waals surface area contributed by atoms with E-state index < -0.39 is 11.2 Å². The van der Waals surface area contributed by atoms with E-state index in [1.807, 2.05) is 38.1 Å². The molecule has 6 heteroatoms. The molecular formula is C36H44BrClN2O2. The van der Waals surface area contributed by atoms with Crippen molar-refractivity contribution in [2.75, 3.05) is 26.2 Å². The van der Waals surface area contributed by atoms with Crippen LogP contribution in [-0.2, 0) is 0 Å². The molecule has 2 atom stereocenters. The van der Waals surface area contributed by atoms with Gasteiger partial charge in [0.2, 0.25) is 0 Å². The first-order valence-corrected chi connectivity index (χ1v) is 15.4. The number of alkyl halides is 1. The van der Waals surface area contributed by atoms with Crippen LogP contribution in [-0.4, -0.2) is 52.5 Å². The van der Waals surface area contributed by atoms with E-state index in [1.165, 1.54) is 22.3 Å². The van der Waals surface area contributed by atoms with Crippen molar-refractivity contribution >= 4 is 28.3 Å². The van der Waals surface area contributed by atoms with Crippen molar-refractivity contribution in [3.8, 4) is 0 Å². The van der Waals surface area contributed by atoms with Gasteiger partial charge in [-0.05, 0) is 55.5 Å². The quantitative estimate of drug-likeness (QED) is 0.195. The number of likely N-dealkylation sites (tertiary alicyclic amines) is 1. The Morgan fingerprint density at radius 3 is 1.33 bits per heavy atom. The number of benzene rings is 4. The number of nitrogens with zero attached hydrogens (tertiary/aromatic N) is 1. The van der Waals surface area contributed by atoms with E-state index in [4.69, 9.17) is 5.11 Å². The zero-order chi connectivity index (χ0) is 29.1. The average Bonchev–Trinajstić information content (AvgIpc) is 3.58. The molecule has 0 amide bonds. The van der Waals surface area contributed by atoms with E-state index in [0.717, 1.165) is 39.0 Å². The molecule has 0 aromatic heterocycles. The van der Waals surface area contributed by atoms with E-state index in [0.29, 0.717) is 4.83 Å². The number of aliphatic hydroxyl groups is 2. The van der Waals surface area contributed by atoms with E-state index in [1.54, 1.807) is 0 Å². The van der Waals surface area contributed by atoms with Crippen molar-refractivity contribution in [1.82, 2.24) is 10.2 Å². The molecule has 2 saturated heterocycles. The van der Waals surface area contributed by atoms with Crippen LogP contribution in [0.5, 0.6) is 0 Å². The molecule has 2 heterocycles. The highest BCUT2D eigenvalue weighted by molar-refractivity contribution is 9.09. The zero-order valence-corrected chi connectivity index (χ0v) is 27.0. The summed E-state index contributed by atoms with van der Waals surface area (Å²) >= 11 is 3.69. The standard InChI is InChI=1S/C18H21NO.C13H11Br.C5H11NO.ClH/c1-18(20)12-13-19(14-18)17(15-8-4-2-5-9-15)16-10-6-3-7-11-16;14-13(11-7-3-1-4-8-11)12-9-5-2-6-10-12;1-5(7)2-3-6-4-5;/h2-11,17,20H,12-14H2,1H3;1-10,13H;6-7H,2-4H2,1H3;1H. The third-order valence-electron chi connectivity index (χ3n) is 7.61. The Hall–Kier alpha value is -2.51. The largest absolute Gasteiger partial charge is 0.389 e. The number of hydrogen-bond acceptors (Lipinski definition) is 4. The number of halogens is 2. The first-order valence-electron chi connectivity index (χ1n) is 14.5. The molecule has 0 spiro atoms. The lowest BCUT2D eigenvalue weighted by atomic mass is 9.97. The minimum atomic E-state index is -0.568. The second kappa shape index (κ2) is 16.4. The van der Waals surface area contributed by atoms with Crippen LogP contribution in [0.3, 0.4) is 0 Å². The van der Waals surface area contributed by atoms with Crippen molar-refractivity contribution < 1.29 is 10.2 Å². The third kappa shape index (κ3) is 10.3. The van der Waals surface area contributed by atoms with Gasteiger partial charge in [0.1, 0.15) is 0 Å². The minimum Gasteiger partial charge on any atom is -0.389 e. The van der Waals surface area contributed by atoms with Gasteiger partial charge in [-0.3, -0.25) is 4.90 Å². The molecule has 0 bridgehead atoms. The topological polar surface area (TPSA) is 55.7 Å². The summed E-state index contributed by atoms with van der Waals surface area (Å²) in [6.45, 7) is 7.16. The summed E-state index contributed by atoms with van der Waals surface area (Å²) in [5, 5.41) is 22.5. The molecule has 0 aliphatic carbocycles. The van der Waals surface area contributed by atoms with Crippen LogP contribution in [0.15, 0.2) is 121 Å². The predicted molar refractivity (Wildman–Crippen MR) is 181 cm³/mol. The Bertz CT molecular complexity index is 1200. The Morgan fingerprint density at radius 2 is 1.05 bits per heavy atom. The highest BCUT2D eigenvalue weighted by Crippen LogP contribution is 2.34. The summed E-state index contributed by atoms with van der Waals surface area (Å²) in [5.74, 6) is 0. The Morgan fingerprint density at radius 1 is 0.643 bits per heavy atom. The molecule has 2 aliphatic heterocycles. The highest BCUT2D eigenvalue weighted by Gasteiger charge is 2.36. The van der Waals surface area contributed by atoms with E-state index in [2.05, 4.69) is 123 Å². The van der Waals surface area contributed by atoms with Crippen LogP contribution in [0.1, 0.15) is 59.8 Å². The maximum Gasteiger partial charge on any atom is 0.0758 e. The molecule has 4 aromatic rings. The first kappa shape index (κ1) is 34.0. The van der Waals surface area contributed by atoms with Gasteiger partial charge in [-0.25, -0.2) is 0 Å². The molecule has 0 radical (unpaired) electrons. The van der Waals surface area contributed by atoms with Crippen molar-refractivity contribution in [2.45, 2.75) is 48.8 Å². The van der Waals surface area contributed by atoms with Crippen molar-refractivity contribution in [2.24, 2.45) is 0 Å². The second-order valence-electron chi connectivity index (χ2n) is 11.5. The summed E-state index contributed by atoms with van der Waals surface area (Å²) < 4.78 is 0. The number of rotatable bonds is 5. The maximum atomic E-state index is 10.3. The first-order chi connectivity index (χ1) is 19.7. The average molecular weight is 652 g/mol. The smallest absolute Gasteiger partial charge is 0.0758 e. The van der Waals surface area contributed by atoms with Crippen LogP contribution >= 0.6 is 28.3 Å². The van der Waals surface area contributed by atoms with Crippen molar-refractivity contribution in [3.63, 3.8) is 0 Å². The minimum absolute atomic E-state index is 0. The normalized spacial score (nSPS) is 21.6.